The molecule has 0 aliphatic heterocycles. The first-order valence-corrected chi connectivity index (χ1v) is 7.73. The summed E-state index contributed by atoms with van der Waals surface area (Å²) in [6, 6.07) is 15.0. The summed E-state index contributed by atoms with van der Waals surface area (Å²) in [6.07, 6.45) is 0.497. The van der Waals surface area contributed by atoms with Gasteiger partial charge < -0.3 is 10.1 Å². The Balaban J connectivity index is 1.62. The van der Waals surface area contributed by atoms with E-state index in [1.165, 1.54) is 0 Å². The molecule has 0 bridgehead atoms. The van der Waals surface area contributed by atoms with Gasteiger partial charge in [0, 0.05) is 5.69 Å². The fraction of sp³-hybridized carbons (Fsp3) is 0.235. The molecule has 0 heterocycles. The van der Waals surface area contributed by atoms with Crippen molar-refractivity contribution in [2.75, 3.05) is 5.32 Å². The van der Waals surface area contributed by atoms with Crippen LogP contribution in [-0.4, -0.2) is 10.2 Å². The number of anilines is 1. The second-order valence-electron chi connectivity index (χ2n) is 5.45. The predicted octanol–water partition coefficient (Wildman–Crippen LogP) is 4.92. The van der Waals surface area contributed by atoms with Crippen molar-refractivity contribution >= 4 is 34.8 Å². The van der Waals surface area contributed by atoms with Gasteiger partial charge in [0.05, 0.1) is 5.92 Å². The van der Waals surface area contributed by atoms with E-state index < -0.39 is 4.33 Å². The Morgan fingerprint density at radius 2 is 1.86 bits per heavy atom. The van der Waals surface area contributed by atoms with Gasteiger partial charge in [0.1, 0.15) is 15.8 Å². The molecule has 1 amide bonds. The third kappa shape index (κ3) is 3.54. The summed E-state index contributed by atoms with van der Waals surface area (Å²) >= 11 is 11.8. The number of nitrogens with one attached hydrogen (secondary N) is 1. The van der Waals surface area contributed by atoms with Crippen molar-refractivity contribution in [3.05, 3.63) is 54.1 Å². The number of halogens is 2. The van der Waals surface area contributed by atoms with Crippen molar-refractivity contribution in [2.24, 2.45) is 5.92 Å². The Labute approximate surface area is 139 Å². The minimum Gasteiger partial charge on any atom is -0.457 e. The average Bonchev–Trinajstić information content (AvgIpc) is 3.10. The van der Waals surface area contributed by atoms with Gasteiger partial charge in [0.2, 0.25) is 5.91 Å². The van der Waals surface area contributed by atoms with E-state index >= 15 is 0 Å². The number of amides is 1. The molecule has 0 saturated heterocycles. The van der Waals surface area contributed by atoms with Gasteiger partial charge in [0.15, 0.2) is 0 Å². The van der Waals surface area contributed by atoms with Crippen molar-refractivity contribution in [1.82, 2.24) is 0 Å². The van der Waals surface area contributed by atoms with Crippen LogP contribution in [0.15, 0.2) is 48.5 Å². The maximum absolute atomic E-state index is 11.9. The van der Waals surface area contributed by atoms with Gasteiger partial charge in [-0.2, -0.15) is 0 Å². The SMILES string of the molecule is Cc1cccc(Oc2ccc(NC(=O)[C@H]3CC3(Cl)Cl)cc2)c1. The number of hydrogen-bond donors (Lipinski definition) is 1. The van der Waals surface area contributed by atoms with E-state index in [9.17, 15) is 4.79 Å². The summed E-state index contributed by atoms with van der Waals surface area (Å²) in [7, 11) is 0. The molecule has 1 N–H and O–H groups in total. The Hall–Kier alpha value is -1.71. The van der Waals surface area contributed by atoms with E-state index in [0.29, 0.717) is 17.9 Å². The van der Waals surface area contributed by atoms with Crippen LogP contribution in [0, 0.1) is 12.8 Å². The molecule has 3 rings (SSSR count). The van der Waals surface area contributed by atoms with Crippen molar-refractivity contribution < 1.29 is 9.53 Å². The minimum absolute atomic E-state index is 0.155. The maximum atomic E-state index is 11.9. The number of alkyl halides is 2. The molecule has 0 aromatic heterocycles. The molecule has 1 saturated carbocycles. The highest BCUT2D eigenvalue weighted by atomic mass is 35.5. The normalized spacial score (nSPS) is 18.6. The van der Waals surface area contributed by atoms with Crippen LogP contribution in [0.1, 0.15) is 12.0 Å². The lowest BCUT2D eigenvalue weighted by atomic mass is 10.2. The van der Waals surface area contributed by atoms with Gasteiger partial charge >= 0.3 is 0 Å². The molecule has 22 heavy (non-hydrogen) atoms. The zero-order chi connectivity index (χ0) is 15.7. The highest BCUT2D eigenvalue weighted by molar-refractivity contribution is 6.52. The number of ether oxygens (including phenoxy) is 1. The summed E-state index contributed by atoms with van der Waals surface area (Å²) in [5.41, 5.74) is 1.83. The average molecular weight is 336 g/mol. The molecule has 1 aliphatic carbocycles. The highest BCUT2D eigenvalue weighted by Gasteiger charge is 2.56. The maximum Gasteiger partial charge on any atom is 0.230 e. The summed E-state index contributed by atoms with van der Waals surface area (Å²) in [6.45, 7) is 2.01. The third-order valence-electron chi connectivity index (χ3n) is 3.49. The standard InChI is InChI=1S/C17H15Cl2NO2/c1-11-3-2-4-14(9-11)22-13-7-5-12(6-8-13)20-16(21)15-10-17(15,18)19/h2-9,15H,10H2,1H3,(H,20,21)/t15-/m1/s1. The minimum atomic E-state index is -0.904. The third-order valence-corrected chi connectivity index (χ3v) is 4.32. The van der Waals surface area contributed by atoms with Gasteiger partial charge in [-0.15, -0.1) is 23.2 Å². The zero-order valence-electron chi connectivity index (χ0n) is 12.0. The quantitative estimate of drug-likeness (QED) is 0.805. The molecule has 3 nitrogen and oxygen atoms in total. The molecule has 1 atom stereocenters. The zero-order valence-corrected chi connectivity index (χ0v) is 13.5. The summed E-state index contributed by atoms with van der Waals surface area (Å²) in [5.74, 6) is 0.999. The second kappa shape index (κ2) is 5.82. The van der Waals surface area contributed by atoms with Crippen LogP contribution in [0.25, 0.3) is 0 Å². The predicted molar refractivity (Wildman–Crippen MR) is 88.9 cm³/mol. The van der Waals surface area contributed by atoms with Crippen molar-refractivity contribution in [3.63, 3.8) is 0 Å². The number of carbonyl (C=O) groups excluding carboxylic acids is 1. The molecule has 0 radical (unpaired) electrons. The first-order chi connectivity index (χ1) is 10.4. The topological polar surface area (TPSA) is 38.3 Å². The fourth-order valence-electron chi connectivity index (χ4n) is 2.15. The van der Waals surface area contributed by atoms with Gasteiger partial charge in [-0.1, -0.05) is 12.1 Å². The van der Waals surface area contributed by atoms with Gasteiger partial charge in [-0.05, 0) is 55.3 Å². The molecule has 5 heteroatoms. The smallest absolute Gasteiger partial charge is 0.230 e. The first kappa shape index (κ1) is 15.2. The Kier molecular flexibility index (Phi) is 4.02. The lowest BCUT2D eigenvalue weighted by Gasteiger charge is -2.08. The van der Waals surface area contributed by atoms with Crippen LogP contribution in [-0.2, 0) is 4.79 Å². The first-order valence-electron chi connectivity index (χ1n) is 6.97. The number of benzene rings is 2. The largest absolute Gasteiger partial charge is 0.457 e. The van der Waals surface area contributed by atoms with Crippen molar-refractivity contribution in [3.8, 4) is 11.5 Å². The molecule has 0 spiro atoms. The molecule has 2 aromatic carbocycles. The Morgan fingerprint density at radius 1 is 1.18 bits per heavy atom. The number of aryl methyl sites for hydroxylation is 1. The van der Waals surface area contributed by atoms with E-state index in [2.05, 4.69) is 5.32 Å². The number of hydrogen-bond acceptors (Lipinski definition) is 2. The monoisotopic (exact) mass is 335 g/mol. The van der Waals surface area contributed by atoms with Crippen molar-refractivity contribution in [2.45, 2.75) is 17.7 Å². The van der Waals surface area contributed by atoms with E-state index in [1.54, 1.807) is 24.3 Å². The van der Waals surface area contributed by atoms with Crippen LogP contribution in [0.3, 0.4) is 0 Å². The van der Waals surface area contributed by atoms with Gasteiger partial charge in [-0.25, -0.2) is 0 Å². The molecule has 1 aliphatic rings. The van der Waals surface area contributed by atoms with Crippen LogP contribution >= 0.6 is 23.2 Å². The Morgan fingerprint density at radius 3 is 2.45 bits per heavy atom. The highest BCUT2D eigenvalue weighted by Crippen LogP contribution is 2.53. The molecule has 114 valence electrons. The summed E-state index contributed by atoms with van der Waals surface area (Å²) in [4.78, 5) is 11.9. The summed E-state index contributed by atoms with van der Waals surface area (Å²) in [5, 5.41) is 2.80. The number of rotatable bonds is 4. The second-order valence-corrected chi connectivity index (χ2v) is 6.99. The number of carbonyl (C=O) groups is 1. The van der Waals surface area contributed by atoms with Gasteiger partial charge in [0.25, 0.3) is 0 Å². The van der Waals surface area contributed by atoms with Crippen LogP contribution in [0.4, 0.5) is 5.69 Å². The van der Waals surface area contributed by atoms with Crippen molar-refractivity contribution in [1.29, 1.82) is 0 Å². The van der Waals surface area contributed by atoms with Crippen LogP contribution < -0.4 is 10.1 Å². The van der Waals surface area contributed by atoms with E-state index in [0.717, 1.165) is 11.3 Å². The molecule has 1 fully saturated rings. The van der Waals surface area contributed by atoms with E-state index in [1.807, 2.05) is 31.2 Å². The molecular formula is C17H15Cl2NO2. The molecule has 0 unspecified atom stereocenters. The lowest BCUT2D eigenvalue weighted by Crippen LogP contribution is -2.16. The van der Waals surface area contributed by atoms with Crippen LogP contribution in [0.5, 0.6) is 11.5 Å². The fourth-order valence-corrected chi connectivity index (χ4v) is 2.66. The molecular weight excluding hydrogens is 321 g/mol. The van der Waals surface area contributed by atoms with Crippen LogP contribution in [0.2, 0.25) is 0 Å². The Bertz CT molecular complexity index is 698. The van der Waals surface area contributed by atoms with E-state index in [4.69, 9.17) is 27.9 Å². The van der Waals surface area contributed by atoms with Gasteiger partial charge in [-0.3, -0.25) is 4.79 Å². The molecule has 2 aromatic rings. The van der Waals surface area contributed by atoms with E-state index in [-0.39, 0.29) is 11.8 Å². The summed E-state index contributed by atoms with van der Waals surface area (Å²) < 4.78 is 4.85. The lowest BCUT2D eigenvalue weighted by molar-refractivity contribution is -0.117.